The standard InChI is InChI=1S/C18H22N8O2/c1-10-3-4-14(12-5-6-25(2)24-12)26(9-10)18(28)17(27)22-13-8-20-16(19)11-7-21-23-15(11)13/h5-8,10,14H,3-4,9H2,1-2H3,(H2,19,20)(H,21,23)(H,22,27)/t10-,14+/m0/s1. The highest BCUT2D eigenvalue weighted by atomic mass is 16.2. The van der Waals surface area contributed by atoms with Crippen LogP contribution < -0.4 is 11.1 Å². The van der Waals surface area contributed by atoms with Gasteiger partial charge in [-0.15, -0.1) is 0 Å². The molecule has 146 valence electrons. The fraction of sp³-hybridized carbons (Fsp3) is 0.389. The maximum atomic E-state index is 13.0. The minimum absolute atomic E-state index is 0.215. The first-order valence-electron chi connectivity index (χ1n) is 9.13. The first kappa shape index (κ1) is 18.0. The number of piperidine rings is 1. The Morgan fingerprint density at radius 3 is 2.89 bits per heavy atom. The summed E-state index contributed by atoms with van der Waals surface area (Å²) in [6, 6.07) is 1.67. The topological polar surface area (TPSA) is 135 Å². The highest BCUT2D eigenvalue weighted by Crippen LogP contribution is 2.33. The second-order valence-electron chi connectivity index (χ2n) is 7.24. The molecule has 0 saturated carbocycles. The second kappa shape index (κ2) is 6.95. The third-order valence-corrected chi connectivity index (χ3v) is 5.11. The van der Waals surface area contributed by atoms with E-state index in [1.165, 1.54) is 12.4 Å². The minimum atomic E-state index is -0.725. The van der Waals surface area contributed by atoms with E-state index in [1.807, 2.05) is 19.3 Å². The van der Waals surface area contributed by atoms with Crippen molar-refractivity contribution >= 4 is 34.2 Å². The Bertz CT molecular complexity index is 1040. The van der Waals surface area contributed by atoms with Gasteiger partial charge in [-0.25, -0.2) is 4.98 Å². The molecule has 2 amide bonds. The summed E-state index contributed by atoms with van der Waals surface area (Å²) in [5, 5.41) is 14.4. The van der Waals surface area contributed by atoms with E-state index >= 15 is 0 Å². The molecular weight excluding hydrogens is 360 g/mol. The van der Waals surface area contributed by atoms with Crippen LogP contribution in [0.25, 0.3) is 10.9 Å². The van der Waals surface area contributed by atoms with Crippen molar-refractivity contribution in [3.8, 4) is 0 Å². The molecule has 0 aromatic carbocycles. The fourth-order valence-corrected chi connectivity index (χ4v) is 3.65. The normalized spacial score (nSPS) is 19.7. The number of carbonyl (C=O) groups is 2. The van der Waals surface area contributed by atoms with Crippen LogP contribution in [0.2, 0.25) is 0 Å². The van der Waals surface area contributed by atoms with E-state index in [0.717, 1.165) is 18.5 Å². The van der Waals surface area contributed by atoms with Crippen molar-refractivity contribution in [3.05, 3.63) is 30.4 Å². The number of nitrogens with one attached hydrogen (secondary N) is 2. The molecule has 4 heterocycles. The summed E-state index contributed by atoms with van der Waals surface area (Å²) in [6.45, 7) is 2.58. The van der Waals surface area contributed by atoms with E-state index in [0.29, 0.717) is 34.9 Å². The summed E-state index contributed by atoms with van der Waals surface area (Å²) >= 11 is 0. The molecule has 0 bridgehead atoms. The number of hydrogen-bond donors (Lipinski definition) is 3. The van der Waals surface area contributed by atoms with Crippen molar-refractivity contribution in [2.24, 2.45) is 13.0 Å². The van der Waals surface area contributed by atoms with Crippen LogP contribution in [0.3, 0.4) is 0 Å². The van der Waals surface area contributed by atoms with Gasteiger partial charge in [0, 0.05) is 19.8 Å². The van der Waals surface area contributed by atoms with E-state index in [2.05, 4.69) is 32.5 Å². The zero-order valence-corrected chi connectivity index (χ0v) is 15.7. The number of rotatable bonds is 2. The number of H-pyrrole nitrogens is 1. The lowest BCUT2D eigenvalue weighted by Crippen LogP contribution is -2.46. The summed E-state index contributed by atoms with van der Waals surface area (Å²) in [5.74, 6) is -0.702. The average molecular weight is 382 g/mol. The molecule has 0 aliphatic carbocycles. The van der Waals surface area contributed by atoms with Gasteiger partial charge in [-0.3, -0.25) is 19.4 Å². The Labute approximate surface area is 161 Å². The van der Waals surface area contributed by atoms with Gasteiger partial charge in [0.15, 0.2) is 0 Å². The van der Waals surface area contributed by atoms with Crippen LogP contribution in [-0.4, -0.2) is 48.2 Å². The van der Waals surface area contributed by atoms with Crippen LogP contribution >= 0.6 is 0 Å². The molecule has 10 heteroatoms. The van der Waals surface area contributed by atoms with Gasteiger partial charge in [-0.2, -0.15) is 10.2 Å². The average Bonchev–Trinajstić information content (AvgIpc) is 3.33. The Morgan fingerprint density at radius 1 is 1.32 bits per heavy atom. The van der Waals surface area contributed by atoms with Crippen LogP contribution in [0.5, 0.6) is 0 Å². The number of aromatic amines is 1. The maximum Gasteiger partial charge on any atom is 0.314 e. The first-order chi connectivity index (χ1) is 13.4. The molecule has 10 nitrogen and oxygen atoms in total. The van der Waals surface area contributed by atoms with E-state index in [4.69, 9.17) is 5.73 Å². The largest absolute Gasteiger partial charge is 0.383 e. The molecule has 1 aliphatic rings. The monoisotopic (exact) mass is 382 g/mol. The van der Waals surface area contributed by atoms with Crippen LogP contribution in [0, 0.1) is 5.92 Å². The lowest BCUT2D eigenvalue weighted by molar-refractivity contribution is -0.146. The van der Waals surface area contributed by atoms with Crippen molar-refractivity contribution in [1.82, 2.24) is 29.9 Å². The summed E-state index contributed by atoms with van der Waals surface area (Å²) < 4.78 is 1.70. The van der Waals surface area contributed by atoms with Crippen molar-refractivity contribution in [2.75, 3.05) is 17.6 Å². The number of likely N-dealkylation sites (tertiary alicyclic amines) is 1. The van der Waals surface area contributed by atoms with Gasteiger partial charge in [0.25, 0.3) is 0 Å². The molecule has 3 aromatic rings. The molecule has 1 aliphatic heterocycles. The molecule has 0 unspecified atom stereocenters. The molecule has 2 atom stereocenters. The van der Waals surface area contributed by atoms with Gasteiger partial charge < -0.3 is 16.0 Å². The summed E-state index contributed by atoms with van der Waals surface area (Å²) in [7, 11) is 1.83. The molecule has 1 saturated heterocycles. The predicted octanol–water partition coefficient (Wildman–Crippen LogP) is 1.21. The summed E-state index contributed by atoms with van der Waals surface area (Å²) in [4.78, 5) is 31.4. The Hall–Kier alpha value is -3.43. The molecule has 0 spiro atoms. The van der Waals surface area contributed by atoms with Gasteiger partial charge in [0.1, 0.15) is 5.82 Å². The SMILES string of the molecule is C[C@H]1CC[C@H](c2ccn(C)n2)N(C(=O)C(=O)Nc2cnc(N)c3cn[nH]c23)C1. The van der Waals surface area contributed by atoms with Gasteiger partial charge in [-0.1, -0.05) is 6.92 Å². The number of amides is 2. The number of nitrogen functional groups attached to an aromatic ring is 1. The molecule has 4 N–H and O–H groups in total. The first-order valence-corrected chi connectivity index (χ1v) is 9.13. The van der Waals surface area contributed by atoms with Gasteiger partial charge >= 0.3 is 11.8 Å². The van der Waals surface area contributed by atoms with Gasteiger partial charge in [-0.05, 0) is 24.8 Å². The summed E-state index contributed by atoms with van der Waals surface area (Å²) in [5.41, 5.74) is 7.49. The number of hydrogen-bond acceptors (Lipinski definition) is 6. The summed E-state index contributed by atoms with van der Waals surface area (Å²) in [6.07, 6.45) is 6.52. The van der Waals surface area contributed by atoms with Crippen molar-refractivity contribution < 1.29 is 9.59 Å². The second-order valence-corrected chi connectivity index (χ2v) is 7.24. The van der Waals surface area contributed by atoms with Crippen LogP contribution in [0.1, 0.15) is 31.5 Å². The molecule has 3 aromatic heterocycles. The highest BCUT2D eigenvalue weighted by molar-refractivity contribution is 6.40. The van der Waals surface area contributed by atoms with Crippen molar-refractivity contribution in [3.63, 3.8) is 0 Å². The predicted molar refractivity (Wildman–Crippen MR) is 103 cm³/mol. The molecule has 1 fully saturated rings. The molecule has 28 heavy (non-hydrogen) atoms. The fourth-order valence-electron chi connectivity index (χ4n) is 3.65. The number of aromatic nitrogens is 5. The van der Waals surface area contributed by atoms with Gasteiger partial charge in [0.05, 0.1) is 40.7 Å². The lowest BCUT2D eigenvalue weighted by atomic mass is 9.92. The van der Waals surface area contributed by atoms with Crippen molar-refractivity contribution in [1.29, 1.82) is 0 Å². The van der Waals surface area contributed by atoms with Crippen LogP contribution in [-0.2, 0) is 16.6 Å². The zero-order chi connectivity index (χ0) is 19.8. The Morgan fingerprint density at radius 2 is 2.14 bits per heavy atom. The smallest absolute Gasteiger partial charge is 0.314 e. The van der Waals surface area contributed by atoms with E-state index < -0.39 is 11.8 Å². The number of fused-ring (bicyclic) bond motifs is 1. The van der Waals surface area contributed by atoms with E-state index in [1.54, 1.807) is 9.58 Å². The third-order valence-electron chi connectivity index (χ3n) is 5.11. The quantitative estimate of drug-likeness (QED) is 0.570. The number of carbonyl (C=O) groups excluding carboxylic acids is 2. The van der Waals surface area contributed by atoms with Crippen LogP contribution in [0.4, 0.5) is 11.5 Å². The minimum Gasteiger partial charge on any atom is -0.383 e. The number of aryl methyl sites for hydroxylation is 1. The van der Waals surface area contributed by atoms with E-state index in [-0.39, 0.29) is 6.04 Å². The number of anilines is 2. The highest BCUT2D eigenvalue weighted by Gasteiger charge is 2.35. The molecule has 0 radical (unpaired) electrons. The molecule has 4 rings (SSSR count). The van der Waals surface area contributed by atoms with Gasteiger partial charge in [0.2, 0.25) is 0 Å². The van der Waals surface area contributed by atoms with Crippen LogP contribution in [0.15, 0.2) is 24.7 Å². The molecular formula is C18H22N8O2. The third kappa shape index (κ3) is 3.17. The zero-order valence-electron chi connectivity index (χ0n) is 15.7. The van der Waals surface area contributed by atoms with Crippen molar-refractivity contribution in [2.45, 2.75) is 25.8 Å². The Kier molecular flexibility index (Phi) is 4.46. The van der Waals surface area contributed by atoms with E-state index in [9.17, 15) is 9.59 Å². The number of nitrogens with two attached hydrogens (primary N) is 1. The maximum absolute atomic E-state index is 13.0. The Balaban J connectivity index is 1.58. The number of nitrogens with zero attached hydrogens (tertiary/aromatic N) is 5. The lowest BCUT2D eigenvalue weighted by Gasteiger charge is -2.37. The number of pyridine rings is 1.